The van der Waals surface area contributed by atoms with Crippen LogP contribution in [0.3, 0.4) is 0 Å². The average Bonchev–Trinajstić information content (AvgIpc) is 3.01. The number of fused-ring (bicyclic) bond motifs is 1. The summed E-state index contributed by atoms with van der Waals surface area (Å²) in [5.41, 5.74) is 0. The van der Waals surface area contributed by atoms with Crippen LogP contribution in [0.5, 0.6) is 0 Å². The van der Waals surface area contributed by atoms with Gasteiger partial charge in [0.1, 0.15) is 17.0 Å². The van der Waals surface area contributed by atoms with Crippen molar-refractivity contribution in [3.05, 3.63) is 47.1 Å². The average molecular weight is 369 g/mol. The van der Waals surface area contributed by atoms with E-state index in [1.54, 1.807) is 12.1 Å². The Morgan fingerprint density at radius 3 is 2.87 bits per heavy atom. The molecule has 1 aromatic carbocycles. The zero-order valence-electron chi connectivity index (χ0n) is 11.9. The van der Waals surface area contributed by atoms with Crippen LogP contribution in [0.2, 0.25) is 5.02 Å². The molecular formula is C14H13ClN4O2S2. The molecule has 120 valence electrons. The van der Waals surface area contributed by atoms with E-state index in [2.05, 4.69) is 20.0 Å². The van der Waals surface area contributed by atoms with Gasteiger partial charge in [-0.1, -0.05) is 17.7 Å². The maximum absolute atomic E-state index is 12.1. The van der Waals surface area contributed by atoms with Gasteiger partial charge in [-0.3, -0.25) is 0 Å². The number of nitrogens with one attached hydrogen (secondary N) is 2. The van der Waals surface area contributed by atoms with E-state index in [4.69, 9.17) is 11.6 Å². The number of anilines is 1. The standard InChI is InChI=1S/C14H13ClN4O2S2/c15-10-2-1-3-11(8-10)23(20,21)19-6-5-16-13-12-4-7-22-14(12)18-9-17-13/h1-4,7-9,19H,5-6H2,(H,16,17,18). The summed E-state index contributed by atoms with van der Waals surface area (Å²) in [6.07, 6.45) is 1.48. The second-order valence-corrected chi connectivity index (χ2v) is 7.74. The van der Waals surface area contributed by atoms with Crippen molar-refractivity contribution < 1.29 is 8.42 Å². The lowest BCUT2D eigenvalue weighted by atomic mass is 10.4. The van der Waals surface area contributed by atoms with Crippen LogP contribution in [-0.2, 0) is 10.0 Å². The van der Waals surface area contributed by atoms with Gasteiger partial charge in [-0.05, 0) is 29.6 Å². The summed E-state index contributed by atoms with van der Waals surface area (Å²) in [7, 11) is -3.57. The number of halogens is 1. The molecule has 0 radical (unpaired) electrons. The van der Waals surface area contributed by atoms with Crippen molar-refractivity contribution in [3.63, 3.8) is 0 Å². The highest BCUT2D eigenvalue weighted by atomic mass is 35.5. The quantitative estimate of drug-likeness (QED) is 0.653. The van der Waals surface area contributed by atoms with Gasteiger partial charge in [0.2, 0.25) is 10.0 Å². The molecule has 0 amide bonds. The van der Waals surface area contributed by atoms with E-state index in [-0.39, 0.29) is 11.4 Å². The van der Waals surface area contributed by atoms with Gasteiger partial charge in [0.25, 0.3) is 0 Å². The van der Waals surface area contributed by atoms with Crippen LogP contribution >= 0.6 is 22.9 Å². The van der Waals surface area contributed by atoms with E-state index in [9.17, 15) is 8.42 Å². The summed E-state index contributed by atoms with van der Waals surface area (Å²) >= 11 is 7.35. The number of rotatable bonds is 6. The minimum absolute atomic E-state index is 0.146. The van der Waals surface area contributed by atoms with Gasteiger partial charge in [0, 0.05) is 18.1 Å². The van der Waals surface area contributed by atoms with E-state index >= 15 is 0 Å². The van der Waals surface area contributed by atoms with Crippen LogP contribution in [-0.4, -0.2) is 31.5 Å². The number of aromatic nitrogens is 2. The highest BCUT2D eigenvalue weighted by molar-refractivity contribution is 7.89. The number of hydrogen-bond donors (Lipinski definition) is 2. The van der Waals surface area contributed by atoms with Gasteiger partial charge in [-0.15, -0.1) is 11.3 Å². The highest BCUT2D eigenvalue weighted by Gasteiger charge is 2.13. The van der Waals surface area contributed by atoms with Crippen molar-refractivity contribution >= 4 is 49.0 Å². The van der Waals surface area contributed by atoms with Gasteiger partial charge in [-0.2, -0.15) is 0 Å². The summed E-state index contributed by atoms with van der Waals surface area (Å²) in [6, 6.07) is 8.07. The molecule has 2 aromatic heterocycles. The minimum Gasteiger partial charge on any atom is -0.368 e. The third-order valence-electron chi connectivity index (χ3n) is 3.08. The van der Waals surface area contributed by atoms with Crippen LogP contribution in [0.25, 0.3) is 10.2 Å². The molecule has 3 aromatic rings. The van der Waals surface area contributed by atoms with Gasteiger partial charge in [-0.25, -0.2) is 23.1 Å². The summed E-state index contributed by atoms with van der Waals surface area (Å²) in [4.78, 5) is 9.37. The van der Waals surface area contributed by atoms with Crippen molar-refractivity contribution in [2.45, 2.75) is 4.90 Å². The fraction of sp³-hybridized carbons (Fsp3) is 0.143. The fourth-order valence-corrected chi connectivity index (χ4v) is 4.08. The number of sulfonamides is 1. The zero-order valence-corrected chi connectivity index (χ0v) is 14.2. The second kappa shape index (κ2) is 6.79. The van der Waals surface area contributed by atoms with Crippen molar-refractivity contribution in [1.29, 1.82) is 0 Å². The molecule has 0 saturated carbocycles. The Labute approximate surface area is 142 Å². The molecule has 0 aliphatic rings. The van der Waals surface area contributed by atoms with Gasteiger partial charge in [0.05, 0.1) is 10.3 Å². The lowest BCUT2D eigenvalue weighted by molar-refractivity contribution is 0.583. The molecule has 9 heteroatoms. The third-order valence-corrected chi connectivity index (χ3v) is 5.59. The summed E-state index contributed by atoms with van der Waals surface area (Å²) in [5, 5.41) is 6.36. The van der Waals surface area contributed by atoms with E-state index in [1.807, 2.05) is 11.4 Å². The first kappa shape index (κ1) is 16.1. The minimum atomic E-state index is -3.57. The number of nitrogens with zero attached hydrogens (tertiary/aromatic N) is 2. The van der Waals surface area contributed by atoms with Gasteiger partial charge in [0.15, 0.2) is 0 Å². The molecule has 0 bridgehead atoms. The first-order chi connectivity index (χ1) is 11.1. The molecule has 0 aliphatic heterocycles. The summed E-state index contributed by atoms with van der Waals surface area (Å²) in [5.74, 6) is 0.693. The SMILES string of the molecule is O=S(=O)(NCCNc1ncnc2sccc12)c1cccc(Cl)c1. The predicted octanol–water partition coefficient (Wildman–Crippen LogP) is 2.74. The normalized spacial score (nSPS) is 11.7. The number of benzene rings is 1. The Bertz CT molecular complexity index is 927. The monoisotopic (exact) mass is 368 g/mol. The molecule has 3 rings (SSSR count). The molecule has 6 nitrogen and oxygen atoms in total. The second-order valence-electron chi connectivity index (χ2n) is 4.64. The smallest absolute Gasteiger partial charge is 0.240 e. The lowest BCUT2D eigenvalue weighted by Gasteiger charge is -2.09. The highest BCUT2D eigenvalue weighted by Crippen LogP contribution is 2.23. The van der Waals surface area contributed by atoms with Crippen molar-refractivity contribution in [1.82, 2.24) is 14.7 Å². The first-order valence-electron chi connectivity index (χ1n) is 6.73. The first-order valence-corrected chi connectivity index (χ1v) is 9.48. The van der Waals surface area contributed by atoms with Crippen LogP contribution in [0, 0.1) is 0 Å². The fourth-order valence-electron chi connectivity index (χ4n) is 2.01. The van der Waals surface area contributed by atoms with Crippen LogP contribution in [0.15, 0.2) is 46.9 Å². The number of thiophene rings is 1. The van der Waals surface area contributed by atoms with Crippen LogP contribution < -0.4 is 10.0 Å². The zero-order chi connectivity index (χ0) is 16.3. The largest absolute Gasteiger partial charge is 0.368 e. The van der Waals surface area contributed by atoms with E-state index in [0.29, 0.717) is 17.4 Å². The van der Waals surface area contributed by atoms with Crippen molar-refractivity contribution in [2.24, 2.45) is 0 Å². The molecule has 0 unspecified atom stereocenters. The van der Waals surface area contributed by atoms with Gasteiger partial charge < -0.3 is 5.32 Å². The Morgan fingerprint density at radius 2 is 2.04 bits per heavy atom. The molecule has 0 spiro atoms. The Kier molecular flexibility index (Phi) is 4.76. The van der Waals surface area contributed by atoms with Crippen LogP contribution in [0.4, 0.5) is 5.82 Å². The predicted molar refractivity (Wildman–Crippen MR) is 92.5 cm³/mol. The van der Waals surface area contributed by atoms with Crippen LogP contribution in [0.1, 0.15) is 0 Å². The summed E-state index contributed by atoms with van der Waals surface area (Å²) in [6.45, 7) is 0.631. The van der Waals surface area contributed by atoms with E-state index < -0.39 is 10.0 Å². The molecule has 23 heavy (non-hydrogen) atoms. The molecule has 2 N–H and O–H groups in total. The Balaban J connectivity index is 1.60. The third kappa shape index (κ3) is 3.78. The number of hydrogen-bond acceptors (Lipinski definition) is 6. The maximum Gasteiger partial charge on any atom is 0.240 e. The Morgan fingerprint density at radius 1 is 1.17 bits per heavy atom. The lowest BCUT2D eigenvalue weighted by Crippen LogP contribution is -2.29. The molecule has 0 fully saturated rings. The van der Waals surface area contributed by atoms with Crippen molar-refractivity contribution in [2.75, 3.05) is 18.4 Å². The topological polar surface area (TPSA) is 84.0 Å². The van der Waals surface area contributed by atoms with E-state index in [0.717, 1.165) is 10.2 Å². The molecule has 0 aliphatic carbocycles. The van der Waals surface area contributed by atoms with Crippen molar-refractivity contribution in [3.8, 4) is 0 Å². The molecule has 2 heterocycles. The van der Waals surface area contributed by atoms with Gasteiger partial charge >= 0.3 is 0 Å². The summed E-state index contributed by atoms with van der Waals surface area (Å²) < 4.78 is 26.8. The molecular weight excluding hydrogens is 356 g/mol. The maximum atomic E-state index is 12.1. The molecule has 0 atom stereocenters. The van der Waals surface area contributed by atoms with E-state index in [1.165, 1.54) is 29.8 Å². The Hall–Kier alpha value is -1.74. The molecule has 0 saturated heterocycles.